The van der Waals surface area contributed by atoms with E-state index in [1.165, 1.54) is 4.90 Å². The van der Waals surface area contributed by atoms with Crippen molar-refractivity contribution in [3.05, 3.63) is 24.3 Å². The Labute approximate surface area is 59.7 Å². The van der Waals surface area contributed by atoms with Crippen LogP contribution < -0.4 is 0 Å². The molecule has 0 heterocycles. The van der Waals surface area contributed by atoms with Crippen LogP contribution in [0.3, 0.4) is 0 Å². The van der Waals surface area contributed by atoms with Gasteiger partial charge in [-0.1, -0.05) is 0 Å². The van der Waals surface area contributed by atoms with Crippen LogP contribution in [0.4, 0.5) is 0 Å². The van der Waals surface area contributed by atoms with Gasteiger partial charge in [-0.2, -0.15) is 0 Å². The Kier molecular flexibility index (Phi) is 1.86. The minimum atomic E-state index is 1.01. The summed E-state index contributed by atoms with van der Waals surface area (Å²) in [7, 11) is 0. The number of hydrogen-bond donors (Lipinski definition) is 1. The molecule has 0 atom stereocenters. The molecule has 0 aliphatic rings. The van der Waals surface area contributed by atoms with Crippen molar-refractivity contribution in [2.45, 2.75) is 9.79 Å². The first-order chi connectivity index (χ1) is 3.79. The van der Waals surface area contributed by atoms with E-state index in [-0.39, 0.29) is 0 Å². The molecule has 0 aromatic heterocycles. The fourth-order valence-corrected chi connectivity index (χ4v) is 0.816. The molecule has 0 unspecified atom stereocenters. The van der Waals surface area contributed by atoms with Crippen molar-refractivity contribution < 1.29 is 0 Å². The van der Waals surface area contributed by atoms with Crippen LogP contribution in [-0.4, -0.2) is 0 Å². The molecule has 0 fully saturated rings. The maximum absolute atomic E-state index is 4.12. The Balaban J connectivity index is 3.03. The molecule has 0 radical (unpaired) electrons. The molecule has 8 heavy (non-hydrogen) atoms. The van der Waals surface area contributed by atoms with Crippen molar-refractivity contribution in [3.8, 4) is 0 Å². The smallest absolute Gasteiger partial charge is 0.00407 e. The van der Waals surface area contributed by atoms with E-state index in [0.717, 1.165) is 4.90 Å². The fraction of sp³-hybridized carbons (Fsp3) is 0. The molecule has 0 nitrogen and oxygen atoms in total. The van der Waals surface area contributed by atoms with Crippen LogP contribution in [0.15, 0.2) is 34.1 Å². The SMILES string of the molecule is Sc1ccc([SH3])cc1. The molecular formula is C6H8S2. The Bertz CT molecular complexity index is 145. The molecule has 0 bridgehead atoms. The zero-order valence-corrected chi connectivity index (χ0v) is 6.38. The van der Waals surface area contributed by atoms with E-state index in [1.54, 1.807) is 0 Å². The Morgan fingerprint density at radius 2 is 1.62 bits per heavy atom. The van der Waals surface area contributed by atoms with Gasteiger partial charge in [0, 0.05) is 4.90 Å². The van der Waals surface area contributed by atoms with Crippen LogP contribution in [0.5, 0.6) is 0 Å². The van der Waals surface area contributed by atoms with Crippen molar-refractivity contribution in [1.82, 2.24) is 0 Å². The van der Waals surface area contributed by atoms with Gasteiger partial charge in [-0.3, -0.25) is 12.6 Å². The Hall–Kier alpha value is -0.0800. The van der Waals surface area contributed by atoms with Gasteiger partial charge in [0.05, 0.1) is 0 Å². The average Bonchev–Trinajstić information content (AvgIpc) is 1.77. The first kappa shape index (κ1) is 6.05. The van der Waals surface area contributed by atoms with Crippen LogP contribution in [0.1, 0.15) is 0 Å². The lowest BCUT2D eigenvalue weighted by atomic mass is 10.4. The van der Waals surface area contributed by atoms with E-state index >= 15 is 0 Å². The lowest BCUT2D eigenvalue weighted by molar-refractivity contribution is 1.37. The van der Waals surface area contributed by atoms with Gasteiger partial charge in [-0.25, -0.2) is 0 Å². The highest BCUT2D eigenvalue weighted by Crippen LogP contribution is 2.09. The summed E-state index contributed by atoms with van der Waals surface area (Å²) in [6.45, 7) is 0. The van der Waals surface area contributed by atoms with Gasteiger partial charge in [-0.15, -0.1) is 12.6 Å². The molecule has 1 rings (SSSR count). The summed E-state index contributed by atoms with van der Waals surface area (Å²) < 4.78 is 0. The Morgan fingerprint density at radius 3 is 2.00 bits per heavy atom. The standard InChI is InChI=1S/C6H8S2/c7-5-1-2-6(8)4-3-5/h1-4,7H,8H3. The van der Waals surface area contributed by atoms with E-state index in [1.807, 2.05) is 24.3 Å². The van der Waals surface area contributed by atoms with Crippen LogP contribution in [0.2, 0.25) is 0 Å². The average molecular weight is 144 g/mol. The van der Waals surface area contributed by atoms with Gasteiger partial charge < -0.3 is 0 Å². The van der Waals surface area contributed by atoms with Crippen LogP contribution in [0, 0.1) is 0 Å². The predicted octanol–water partition coefficient (Wildman–Crippen LogP) is 1.73. The third kappa shape index (κ3) is 1.46. The largest absolute Gasteiger partial charge is 0.252 e. The highest BCUT2D eigenvalue weighted by molar-refractivity contribution is 7.80. The molecule has 44 valence electrons. The minimum Gasteiger partial charge on any atom is -0.252 e. The van der Waals surface area contributed by atoms with Gasteiger partial charge >= 0.3 is 0 Å². The maximum Gasteiger partial charge on any atom is 0.00407 e. The summed E-state index contributed by atoms with van der Waals surface area (Å²) in [5.74, 6) is 0. The van der Waals surface area contributed by atoms with Crippen molar-refractivity contribution in [3.63, 3.8) is 0 Å². The molecule has 0 aliphatic carbocycles. The third-order valence-electron chi connectivity index (χ3n) is 0.893. The van der Waals surface area contributed by atoms with Crippen molar-refractivity contribution >= 4 is 25.3 Å². The number of rotatable bonds is 0. The molecule has 1 aromatic rings. The van der Waals surface area contributed by atoms with Gasteiger partial charge in [0.15, 0.2) is 0 Å². The first-order valence-corrected chi connectivity index (χ1v) is 3.36. The van der Waals surface area contributed by atoms with Gasteiger partial charge in [0.2, 0.25) is 0 Å². The monoisotopic (exact) mass is 144 g/mol. The summed E-state index contributed by atoms with van der Waals surface area (Å²) in [4.78, 5) is 2.21. The summed E-state index contributed by atoms with van der Waals surface area (Å²) in [6, 6.07) is 7.94. The summed E-state index contributed by atoms with van der Waals surface area (Å²) >= 11 is 6.74. The highest BCUT2D eigenvalue weighted by Gasteiger charge is 1.80. The zero-order chi connectivity index (χ0) is 5.98. The Morgan fingerprint density at radius 1 is 1.12 bits per heavy atom. The van der Waals surface area contributed by atoms with E-state index in [4.69, 9.17) is 0 Å². The molecule has 0 amide bonds. The number of hydrogen-bond acceptors (Lipinski definition) is 1. The molecular weight excluding hydrogens is 136 g/mol. The summed E-state index contributed by atoms with van der Waals surface area (Å²) in [6.07, 6.45) is 0. The maximum atomic E-state index is 4.12. The van der Waals surface area contributed by atoms with Gasteiger partial charge in [0.1, 0.15) is 0 Å². The lowest BCUT2D eigenvalue weighted by Crippen LogP contribution is -1.63. The fourth-order valence-electron chi connectivity index (χ4n) is 0.474. The van der Waals surface area contributed by atoms with Crippen molar-refractivity contribution in [1.29, 1.82) is 0 Å². The normalized spacial score (nSPS) is 9.88. The zero-order valence-electron chi connectivity index (χ0n) is 4.33. The second-order valence-electron chi connectivity index (χ2n) is 1.59. The first-order valence-electron chi connectivity index (χ1n) is 2.33. The molecule has 2 heteroatoms. The predicted molar refractivity (Wildman–Crippen MR) is 43.7 cm³/mol. The second-order valence-corrected chi connectivity index (χ2v) is 2.77. The van der Waals surface area contributed by atoms with E-state index < -0.39 is 0 Å². The molecule has 0 saturated heterocycles. The number of thiol groups is 1. The molecule has 0 spiro atoms. The van der Waals surface area contributed by atoms with E-state index in [0.29, 0.717) is 0 Å². The topological polar surface area (TPSA) is 0 Å². The molecule has 0 N–H and O–H groups in total. The molecule has 0 aliphatic heterocycles. The van der Waals surface area contributed by atoms with Gasteiger partial charge in [0.25, 0.3) is 0 Å². The van der Waals surface area contributed by atoms with E-state index in [9.17, 15) is 0 Å². The highest BCUT2D eigenvalue weighted by atomic mass is 32.1. The van der Waals surface area contributed by atoms with Crippen LogP contribution in [-0.2, 0) is 0 Å². The quantitative estimate of drug-likeness (QED) is 0.527. The summed E-state index contributed by atoms with van der Waals surface area (Å²) in [5.41, 5.74) is 0. The molecule has 0 saturated carbocycles. The van der Waals surface area contributed by atoms with Crippen LogP contribution in [0.25, 0.3) is 0 Å². The van der Waals surface area contributed by atoms with Crippen molar-refractivity contribution in [2.75, 3.05) is 0 Å². The minimum absolute atomic E-state index is 1.01. The molecule has 1 aromatic carbocycles. The van der Waals surface area contributed by atoms with Crippen molar-refractivity contribution in [2.24, 2.45) is 0 Å². The summed E-state index contributed by atoms with van der Waals surface area (Å²) in [5, 5.41) is 0. The van der Waals surface area contributed by atoms with E-state index in [2.05, 4.69) is 25.3 Å². The van der Waals surface area contributed by atoms with Crippen LogP contribution >= 0.6 is 25.3 Å². The number of benzene rings is 1. The lowest BCUT2D eigenvalue weighted by Gasteiger charge is -1.89. The van der Waals surface area contributed by atoms with Gasteiger partial charge in [-0.05, 0) is 29.2 Å². The second kappa shape index (κ2) is 2.46. The third-order valence-corrected chi connectivity index (χ3v) is 1.58.